The third kappa shape index (κ3) is 2.05. The van der Waals surface area contributed by atoms with Crippen LogP contribution >= 0.6 is 0 Å². The number of hydrogen-bond donors (Lipinski definition) is 0. The molecule has 1 aliphatic heterocycles. The van der Waals surface area contributed by atoms with Crippen molar-refractivity contribution in [3.05, 3.63) is 42.0 Å². The molecule has 2 aromatic carbocycles. The molecule has 0 N–H and O–H groups in total. The maximum atomic E-state index is 5.77. The normalized spacial score (nSPS) is 17.1. The number of ether oxygens (including phenoxy) is 2. The zero-order valence-corrected chi connectivity index (χ0v) is 11.4. The number of methoxy groups -OCH3 is 1. The Balaban J connectivity index is 2.27. The molecule has 0 saturated carbocycles. The minimum absolute atomic E-state index is 0.169. The van der Waals surface area contributed by atoms with Crippen molar-refractivity contribution < 1.29 is 9.47 Å². The summed E-state index contributed by atoms with van der Waals surface area (Å²) in [5.74, 6) is 1.48. The van der Waals surface area contributed by atoms with E-state index in [1.807, 2.05) is 18.2 Å². The quantitative estimate of drug-likeness (QED) is 0.823. The van der Waals surface area contributed by atoms with E-state index in [-0.39, 0.29) is 5.54 Å². The van der Waals surface area contributed by atoms with Crippen LogP contribution in [0.25, 0.3) is 10.8 Å². The lowest BCUT2D eigenvalue weighted by Crippen LogP contribution is -2.17. The maximum absolute atomic E-state index is 5.77. The summed E-state index contributed by atoms with van der Waals surface area (Å²) in [6.45, 7) is 4.74. The second kappa shape index (κ2) is 4.26. The SMILES string of the molecule is COc1ccc2ccccc2c1C1=NC(C)(C)CO1. The van der Waals surface area contributed by atoms with Crippen LogP contribution in [0.3, 0.4) is 0 Å². The molecule has 0 atom stereocenters. The van der Waals surface area contributed by atoms with Crippen LogP contribution in [0, 0.1) is 0 Å². The summed E-state index contributed by atoms with van der Waals surface area (Å²) in [7, 11) is 1.67. The Hall–Kier alpha value is -2.03. The van der Waals surface area contributed by atoms with Crippen LogP contribution in [0.2, 0.25) is 0 Å². The molecule has 0 radical (unpaired) electrons. The number of nitrogens with zero attached hydrogens (tertiary/aromatic N) is 1. The Morgan fingerprint density at radius 3 is 2.63 bits per heavy atom. The van der Waals surface area contributed by atoms with Gasteiger partial charge in [-0.25, -0.2) is 4.99 Å². The third-order valence-corrected chi connectivity index (χ3v) is 3.29. The third-order valence-electron chi connectivity index (χ3n) is 3.29. The van der Waals surface area contributed by atoms with E-state index in [0.29, 0.717) is 12.5 Å². The molecule has 19 heavy (non-hydrogen) atoms. The molecule has 0 saturated heterocycles. The second-order valence-electron chi connectivity index (χ2n) is 5.38. The molecular weight excluding hydrogens is 238 g/mol. The van der Waals surface area contributed by atoms with Crippen molar-refractivity contribution in [2.45, 2.75) is 19.4 Å². The number of rotatable bonds is 2. The first kappa shape index (κ1) is 12.0. The van der Waals surface area contributed by atoms with Gasteiger partial charge in [0.15, 0.2) is 0 Å². The van der Waals surface area contributed by atoms with Crippen LogP contribution in [0.5, 0.6) is 5.75 Å². The Morgan fingerprint density at radius 1 is 1.16 bits per heavy atom. The maximum Gasteiger partial charge on any atom is 0.221 e. The van der Waals surface area contributed by atoms with Crippen molar-refractivity contribution in [3.63, 3.8) is 0 Å². The first-order valence-corrected chi connectivity index (χ1v) is 6.39. The van der Waals surface area contributed by atoms with Gasteiger partial charge in [-0.15, -0.1) is 0 Å². The van der Waals surface area contributed by atoms with Crippen LogP contribution < -0.4 is 4.74 Å². The van der Waals surface area contributed by atoms with Gasteiger partial charge < -0.3 is 9.47 Å². The molecular formula is C16H17NO2. The van der Waals surface area contributed by atoms with E-state index in [1.54, 1.807) is 7.11 Å². The monoisotopic (exact) mass is 255 g/mol. The minimum atomic E-state index is -0.169. The van der Waals surface area contributed by atoms with Gasteiger partial charge in [0.1, 0.15) is 12.4 Å². The highest BCUT2D eigenvalue weighted by Gasteiger charge is 2.29. The van der Waals surface area contributed by atoms with E-state index in [1.165, 1.54) is 0 Å². The van der Waals surface area contributed by atoms with E-state index in [0.717, 1.165) is 22.1 Å². The van der Waals surface area contributed by atoms with Crippen LogP contribution in [0.15, 0.2) is 41.4 Å². The summed E-state index contributed by atoms with van der Waals surface area (Å²) in [5.41, 5.74) is 0.781. The van der Waals surface area contributed by atoms with Crippen molar-refractivity contribution in [2.75, 3.05) is 13.7 Å². The van der Waals surface area contributed by atoms with Crippen molar-refractivity contribution in [2.24, 2.45) is 4.99 Å². The fourth-order valence-electron chi connectivity index (χ4n) is 2.35. The first-order valence-electron chi connectivity index (χ1n) is 6.39. The lowest BCUT2D eigenvalue weighted by molar-refractivity contribution is 0.279. The van der Waals surface area contributed by atoms with Gasteiger partial charge in [0.05, 0.1) is 18.2 Å². The summed E-state index contributed by atoms with van der Waals surface area (Å²) in [5, 5.41) is 2.27. The molecule has 0 bridgehead atoms. The van der Waals surface area contributed by atoms with Gasteiger partial charge in [-0.1, -0.05) is 30.3 Å². The highest BCUT2D eigenvalue weighted by Crippen LogP contribution is 2.32. The van der Waals surface area contributed by atoms with Gasteiger partial charge in [-0.05, 0) is 30.7 Å². The Kier molecular flexibility index (Phi) is 2.70. The van der Waals surface area contributed by atoms with Crippen molar-refractivity contribution >= 4 is 16.7 Å². The molecule has 1 aliphatic rings. The van der Waals surface area contributed by atoms with Crippen LogP contribution in [-0.4, -0.2) is 25.2 Å². The predicted molar refractivity (Wildman–Crippen MR) is 77.1 cm³/mol. The van der Waals surface area contributed by atoms with Gasteiger partial charge in [-0.3, -0.25) is 0 Å². The number of fused-ring (bicyclic) bond motifs is 1. The van der Waals surface area contributed by atoms with Crippen LogP contribution in [-0.2, 0) is 4.74 Å². The van der Waals surface area contributed by atoms with E-state index in [4.69, 9.17) is 9.47 Å². The average molecular weight is 255 g/mol. The smallest absolute Gasteiger partial charge is 0.221 e. The molecule has 0 amide bonds. The highest BCUT2D eigenvalue weighted by atomic mass is 16.5. The summed E-state index contributed by atoms with van der Waals surface area (Å²) in [6.07, 6.45) is 0. The molecule has 0 spiro atoms. The van der Waals surface area contributed by atoms with Crippen molar-refractivity contribution in [1.82, 2.24) is 0 Å². The largest absolute Gasteiger partial charge is 0.496 e. The second-order valence-corrected chi connectivity index (χ2v) is 5.38. The summed E-state index contributed by atoms with van der Waals surface area (Å²) < 4.78 is 11.2. The average Bonchev–Trinajstić information content (AvgIpc) is 2.77. The Bertz CT molecular complexity index is 659. The number of hydrogen-bond acceptors (Lipinski definition) is 3. The van der Waals surface area contributed by atoms with E-state index in [2.05, 4.69) is 37.0 Å². The molecule has 3 rings (SSSR count). The predicted octanol–water partition coefficient (Wildman–Crippen LogP) is 3.40. The van der Waals surface area contributed by atoms with Gasteiger partial charge in [0.2, 0.25) is 5.90 Å². The topological polar surface area (TPSA) is 30.8 Å². The first-order chi connectivity index (χ1) is 9.11. The Labute approximate surface area is 112 Å². The summed E-state index contributed by atoms with van der Waals surface area (Å²) in [6, 6.07) is 12.2. The standard InChI is InChI=1S/C16H17NO2/c1-16(2)10-19-15(17-16)14-12-7-5-4-6-11(12)8-9-13(14)18-3/h4-9H,10H2,1-3H3. The zero-order chi connectivity index (χ0) is 13.5. The molecule has 0 unspecified atom stereocenters. The van der Waals surface area contributed by atoms with Crippen molar-refractivity contribution in [3.8, 4) is 5.75 Å². The van der Waals surface area contributed by atoms with E-state index < -0.39 is 0 Å². The molecule has 0 aromatic heterocycles. The summed E-state index contributed by atoms with van der Waals surface area (Å²) in [4.78, 5) is 4.66. The molecule has 3 nitrogen and oxygen atoms in total. The fourth-order valence-corrected chi connectivity index (χ4v) is 2.35. The zero-order valence-electron chi connectivity index (χ0n) is 11.4. The van der Waals surface area contributed by atoms with E-state index in [9.17, 15) is 0 Å². The molecule has 3 heteroatoms. The van der Waals surface area contributed by atoms with Gasteiger partial charge >= 0.3 is 0 Å². The van der Waals surface area contributed by atoms with Gasteiger partial charge in [0.25, 0.3) is 0 Å². The molecule has 0 fully saturated rings. The fraction of sp³-hybridized carbons (Fsp3) is 0.312. The van der Waals surface area contributed by atoms with E-state index >= 15 is 0 Å². The van der Waals surface area contributed by atoms with Crippen LogP contribution in [0.1, 0.15) is 19.4 Å². The van der Waals surface area contributed by atoms with Gasteiger partial charge in [-0.2, -0.15) is 0 Å². The summed E-state index contributed by atoms with van der Waals surface area (Å²) >= 11 is 0. The number of benzene rings is 2. The highest BCUT2D eigenvalue weighted by molar-refractivity contribution is 6.10. The molecule has 98 valence electrons. The number of aliphatic imine (C=N–C) groups is 1. The molecule has 1 heterocycles. The van der Waals surface area contributed by atoms with Crippen molar-refractivity contribution in [1.29, 1.82) is 0 Å². The lowest BCUT2D eigenvalue weighted by Gasteiger charge is -2.11. The minimum Gasteiger partial charge on any atom is -0.496 e. The Morgan fingerprint density at radius 2 is 1.95 bits per heavy atom. The van der Waals surface area contributed by atoms with Gasteiger partial charge in [0, 0.05) is 0 Å². The molecule has 0 aliphatic carbocycles. The lowest BCUT2D eigenvalue weighted by atomic mass is 10.0. The molecule has 2 aromatic rings. The van der Waals surface area contributed by atoms with Crippen LogP contribution in [0.4, 0.5) is 0 Å².